The Morgan fingerprint density at radius 3 is 2.71 bits per heavy atom. The monoisotopic (exact) mass is 379 g/mol. The van der Waals surface area contributed by atoms with Crippen LogP contribution in [0, 0.1) is 0 Å². The fraction of sp³-hybridized carbons (Fsp3) is 0.478. The maximum absolute atomic E-state index is 12.5. The van der Waals surface area contributed by atoms with Crippen molar-refractivity contribution in [1.29, 1.82) is 0 Å². The lowest BCUT2D eigenvalue weighted by Gasteiger charge is -2.33. The molecule has 4 rings (SSSR count). The van der Waals surface area contributed by atoms with Gasteiger partial charge in [-0.2, -0.15) is 0 Å². The Morgan fingerprint density at radius 1 is 1.07 bits per heavy atom. The number of carbonyl (C=O) groups excluding carboxylic acids is 1. The van der Waals surface area contributed by atoms with E-state index in [1.807, 2.05) is 35.2 Å². The number of likely N-dealkylation sites (tertiary alicyclic amines) is 2. The molecule has 28 heavy (non-hydrogen) atoms. The third-order valence-corrected chi connectivity index (χ3v) is 5.89. The van der Waals surface area contributed by atoms with Crippen molar-refractivity contribution in [1.82, 2.24) is 14.8 Å². The number of carbonyl (C=O) groups is 1. The summed E-state index contributed by atoms with van der Waals surface area (Å²) in [5, 5.41) is 0. The maximum atomic E-state index is 12.5. The van der Waals surface area contributed by atoms with Crippen molar-refractivity contribution in [3.05, 3.63) is 48.2 Å². The molecule has 2 saturated heterocycles. The summed E-state index contributed by atoms with van der Waals surface area (Å²) < 4.78 is 5.50. The molecule has 5 heteroatoms. The molecule has 2 fully saturated rings. The molecule has 2 aromatic rings. The van der Waals surface area contributed by atoms with Gasteiger partial charge in [-0.1, -0.05) is 18.2 Å². The van der Waals surface area contributed by atoms with Gasteiger partial charge in [0.1, 0.15) is 5.75 Å². The number of rotatable bonds is 5. The van der Waals surface area contributed by atoms with Crippen LogP contribution in [0.1, 0.15) is 37.3 Å². The van der Waals surface area contributed by atoms with E-state index < -0.39 is 0 Å². The van der Waals surface area contributed by atoms with Gasteiger partial charge in [0, 0.05) is 36.8 Å². The molecular weight excluding hydrogens is 350 g/mol. The van der Waals surface area contributed by atoms with Crippen molar-refractivity contribution >= 4 is 5.91 Å². The number of hydrogen-bond acceptors (Lipinski definition) is 4. The van der Waals surface area contributed by atoms with Gasteiger partial charge in [0.25, 0.3) is 0 Å². The lowest BCUT2D eigenvalue weighted by molar-refractivity contribution is -0.131. The topological polar surface area (TPSA) is 45.7 Å². The third kappa shape index (κ3) is 4.20. The molecule has 1 aromatic heterocycles. The second-order valence-electron chi connectivity index (χ2n) is 7.81. The Bertz CT molecular complexity index is 817. The van der Waals surface area contributed by atoms with E-state index in [-0.39, 0.29) is 5.91 Å². The zero-order valence-corrected chi connectivity index (χ0v) is 16.6. The van der Waals surface area contributed by atoms with E-state index in [0.717, 1.165) is 74.6 Å². The average Bonchev–Trinajstić information content (AvgIpc) is 3.29. The van der Waals surface area contributed by atoms with Gasteiger partial charge in [-0.25, -0.2) is 0 Å². The second-order valence-corrected chi connectivity index (χ2v) is 7.81. The van der Waals surface area contributed by atoms with E-state index in [9.17, 15) is 4.79 Å². The molecular formula is C23H29N3O2. The van der Waals surface area contributed by atoms with Gasteiger partial charge in [-0.15, -0.1) is 0 Å². The minimum atomic E-state index is 0.286. The highest BCUT2D eigenvalue weighted by atomic mass is 16.5. The number of ether oxygens (including phenoxy) is 1. The highest BCUT2D eigenvalue weighted by Gasteiger charge is 2.26. The molecule has 0 unspecified atom stereocenters. The van der Waals surface area contributed by atoms with E-state index in [4.69, 9.17) is 9.72 Å². The zero-order valence-electron chi connectivity index (χ0n) is 16.6. The Balaban J connectivity index is 1.47. The van der Waals surface area contributed by atoms with E-state index in [1.54, 1.807) is 7.11 Å². The molecule has 1 atom stereocenters. The highest BCUT2D eigenvalue weighted by Crippen LogP contribution is 2.31. The standard InChI is InChI=1S/C23H29N3O2/c1-28-22-12-3-2-9-19(22)21-11-6-10-20(24-21)18-8-7-13-25(16-18)17-23(27)26-14-4-5-15-26/h2-3,6,9-12,18H,4-5,7-8,13-17H2,1H3/t18-/m0/s1. The Labute approximate surface area is 167 Å². The van der Waals surface area contributed by atoms with E-state index in [0.29, 0.717) is 12.5 Å². The number of para-hydroxylation sites is 1. The first-order valence-electron chi connectivity index (χ1n) is 10.3. The smallest absolute Gasteiger partial charge is 0.236 e. The normalized spacial score (nSPS) is 20.3. The summed E-state index contributed by atoms with van der Waals surface area (Å²) in [6.07, 6.45) is 4.53. The van der Waals surface area contributed by atoms with Crippen LogP contribution in [0.25, 0.3) is 11.3 Å². The first-order valence-corrected chi connectivity index (χ1v) is 10.3. The molecule has 0 saturated carbocycles. The van der Waals surface area contributed by atoms with Crippen LogP contribution in [0.3, 0.4) is 0 Å². The largest absolute Gasteiger partial charge is 0.496 e. The Kier molecular flexibility index (Phi) is 5.91. The van der Waals surface area contributed by atoms with Gasteiger partial charge in [0.15, 0.2) is 0 Å². The summed E-state index contributed by atoms with van der Waals surface area (Å²) in [5.41, 5.74) is 3.07. The summed E-state index contributed by atoms with van der Waals surface area (Å²) in [5.74, 6) is 1.50. The van der Waals surface area contributed by atoms with Crippen molar-refractivity contribution in [3.63, 3.8) is 0 Å². The predicted octanol–water partition coefficient (Wildman–Crippen LogP) is 3.56. The highest BCUT2D eigenvalue weighted by molar-refractivity contribution is 5.78. The lowest BCUT2D eigenvalue weighted by Crippen LogP contribution is -2.43. The zero-order chi connectivity index (χ0) is 19.3. The average molecular weight is 380 g/mol. The molecule has 1 amide bonds. The Hall–Kier alpha value is -2.40. The first-order chi connectivity index (χ1) is 13.7. The van der Waals surface area contributed by atoms with Gasteiger partial charge >= 0.3 is 0 Å². The first kappa shape index (κ1) is 18.9. The summed E-state index contributed by atoms with van der Waals surface area (Å²) in [7, 11) is 1.69. The number of methoxy groups -OCH3 is 1. The van der Waals surface area contributed by atoms with Crippen molar-refractivity contribution < 1.29 is 9.53 Å². The SMILES string of the molecule is COc1ccccc1-c1cccc([C@H]2CCCN(CC(=O)N3CCCC3)C2)n1. The molecule has 0 spiro atoms. The summed E-state index contributed by atoms with van der Waals surface area (Å²) in [6.45, 7) is 4.31. The number of pyridine rings is 1. The minimum absolute atomic E-state index is 0.286. The second kappa shape index (κ2) is 8.74. The number of nitrogens with zero attached hydrogens (tertiary/aromatic N) is 3. The van der Waals surface area contributed by atoms with Crippen LogP contribution in [0.15, 0.2) is 42.5 Å². The van der Waals surface area contributed by atoms with Gasteiger partial charge in [-0.3, -0.25) is 14.7 Å². The molecule has 1 aromatic carbocycles. The summed E-state index contributed by atoms with van der Waals surface area (Å²) in [4.78, 5) is 21.8. The lowest BCUT2D eigenvalue weighted by atomic mass is 9.93. The molecule has 0 N–H and O–H groups in total. The van der Waals surface area contributed by atoms with Crippen LogP contribution < -0.4 is 4.74 Å². The van der Waals surface area contributed by atoms with Gasteiger partial charge in [-0.05, 0) is 56.5 Å². The number of amides is 1. The van der Waals surface area contributed by atoms with Crippen molar-refractivity contribution in [3.8, 4) is 17.0 Å². The Morgan fingerprint density at radius 2 is 1.89 bits per heavy atom. The van der Waals surface area contributed by atoms with Gasteiger partial charge in [0.05, 0.1) is 19.3 Å². The van der Waals surface area contributed by atoms with Crippen LogP contribution in [0.5, 0.6) is 5.75 Å². The predicted molar refractivity (Wildman–Crippen MR) is 110 cm³/mol. The fourth-order valence-corrected chi connectivity index (χ4v) is 4.38. The molecule has 0 radical (unpaired) electrons. The number of benzene rings is 1. The summed E-state index contributed by atoms with van der Waals surface area (Å²) >= 11 is 0. The number of hydrogen-bond donors (Lipinski definition) is 0. The van der Waals surface area contributed by atoms with Crippen LogP contribution >= 0.6 is 0 Å². The molecule has 3 heterocycles. The molecule has 148 valence electrons. The molecule has 2 aliphatic heterocycles. The van der Waals surface area contributed by atoms with Crippen LogP contribution in [-0.4, -0.2) is 60.5 Å². The summed E-state index contributed by atoms with van der Waals surface area (Å²) in [6, 6.07) is 14.2. The van der Waals surface area contributed by atoms with E-state index >= 15 is 0 Å². The van der Waals surface area contributed by atoms with Crippen molar-refractivity contribution in [2.24, 2.45) is 0 Å². The minimum Gasteiger partial charge on any atom is -0.496 e. The van der Waals surface area contributed by atoms with Crippen molar-refractivity contribution in [2.75, 3.05) is 39.8 Å². The van der Waals surface area contributed by atoms with Crippen LogP contribution in [0.4, 0.5) is 0 Å². The number of aromatic nitrogens is 1. The molecule has 2 aliphatic rings. The third-order valence-electron chi connectivity index (χ3n) is 5.89. The molecule has 5 nitrogen and oxygen atoms in total. The fourth-order valence-electron chi connectivity index (χ4n) is 4.38. The molecule has 0 aliphatic carbocycles. The van der Waals surface area contributed by atoms with E-state index in [1.165, 1.54) is 0 Å². The van der Waals surface area contributed by atoms with E-state index in [2.05, 4.69) is 17.0 Å². The molecule has 0 bridgehead atoms. The van der Waals surface area contributed by atoms with Crippen LogP contribution in [0.2, 0.25) is 0 Å². The van der Waals surface area contributed by atoms with Crippen molar-refractivity contribution in [2.45, 2.75) is 31.6 Å². The van der Waals surface area contributed by atoms with Crippen LogP contribution in [-0.2, 0) is 4.79 Å². The maximum Gasteiger partial charge on any atom is 0.236 e. The number of piperidine rings is 1. The van der Waals surface area contributed by atoms with Gasteiger partial charge in [0.2, 0.25) is 5.91 Å². The quantitative estimate of drug-likeness (QED) is 0.797. The van der Waals surface area contributed by atoms with Gasteiger partial charge < -0.3 is 9.64 Å².